The van der Waals surface area contributed by atoms with Crippen LogP contribution in [0.25, 0.3) is 11.4 Å². The number of rotatable bonds is 5. The molecule has 0 saturated carbocycles. The zero-order valence-corrected chi connectivity index (χ0v) is 16.2. The highest BCUT2D eigenvalue weighted by Crippen LogP contribution is 2.19. The Labute approximate surface area is 160 Å². The number of hydrogen-bond donors (Lipinski definition) is 2. The van der Waals surface area contributed by atoms with Gasteiger partial charge >= 0.3 is 5.97 Å². The van der Waals surface area contributed by atoms with Gasteiger partial charge in [-0.3, -0.25) is 10.1 Å². The largest absolute Gasteiger partial charge is 0.449 e. The van der Waals surface area contributed by atoms with Crippen LogP contribution in [0.2, 0.25) is 0 Å². The first-order valence-electron chi connectivity index (χ1n) is 8.29. The van der Waals surface area contributed by atoms with Gasteiger partial charge in [-0.1, -0.05) is 23.5 Å². The van der Waals surface area contributed by atoms with Gasteiger partial charge in [-0.25, -0.2) is 9.78 Å². The molecule has 2 heterocycles. The third-order valence-corrected chi connectivity index (χ3v) is 4.69. The van der Waals surface area contributed by atoms with Gasteiger partial charge in [0.2, 0.25) is 5.13 Å². The van der Waals surface area contributed by atoms with Crippen LogP contribution in [0.15, 0.2) is 24.3 Å². The number of H-pyrrole nitrogens is 1. The summed E-state index contributed by atoms with van der Waals surface area (Å²) in [4.78, 5) is 32.0. The van der Waals surface area contributed by atoms with Crippen LogP contribution < -0.4 is 5.32 Å². The quantitative estimate of drug-likeness (QED) is 0.653. The zero-order valence-electron chi connectivity index (χ0n) is 15.4. The van der Waals surface area contributed by atoms with E-state index < -0.39 is 18.0 Å². The molecule has 8 nitrogen and oxygen atoms in total. The molecule has 27 heavy (non-hydrogen) atoms. The summed E-state index contributed by atoms with van der Waals surface area (Å²) in [5.41, 5.74) is 3.14. The summed E-state index contributed by atoms with van der Waals surface area (Å²) in [7, 11) is 0. The van der Waals surface area contributed by atoms with Gasteiger partial charge < -0.3 is 9.72 Å². The summed E-state index contributed by atoms with van der Waals surface area (Å²) >= 11 is 1.25. The molecule has 3 aromatic rings. The first kappa shape index (κ1) is 18.7. The number of aromatic amines is 1. The SMILES string of the molecule is Cc1nnc(NC(=O)C(C)OC(=O)c2ccc(-c3nc(C)c(C)[nH]3)cc2)s1. The predicted octanol–water partition coefficient (Wildman–Crippen LogP) is 3.04. The number of aromatic nitrogens is 4. The third-order valence-electron chi connectivity index (χ3n) is 3.93. The Balaban J connectivity index is 1.62. The van der Waals surface area contributed by atoms with Crippen molar-refractivity contribution in [3.63, 3.8) is 0 Å². The molecule has 0 aliphatic heterocycles. The number of aryl methyl sites for hydroxylation is 3. The fraction of sp³-hybridized carbons (Fsp3) is 0.278. The van der Waals surface area contributed by atoms with Crippen LogP contribution in [-0.2, 0) is 9.53 Å². The molecule has 0 fully saturated rings. The fourth-order valence-corrected chi connectivity index (χ4v) is 2.88. The van der Waals surface area contributed by atoms with Crippen LogP contribution in [0.3, 0.4) is 0 Å². The molecule has 0 saturated heterocycles. The van der Waals surface area contributed by atoms with Crippen LogP contribution >= 0.6 is 11.3 Å². The van der Waals surface area contributed by atoms with E-state index in [9.17, 15) is 9.59 Å². The Hall–Kier alpha value is -3.07. The van der Waals surface area contributed by atoms with Gasteiger partial charge in [0.1, 0.15) is 10.8 Å². The summed E-state index contributed by atoms with van der Waals surface area (Å²) in [6.45, 7) is 7.17. The van der Waals surface area contributed by atoms with Crippen molar-refractivity contribution < 1.29 is 14.3 Å². The highest BCUT2D eigenvalue weighted by Gasteiger charge is 2.20. The van der Waals surface area contributed by atoms with E-state index in [1.807, 2.05) is 13.8 Å². The van der Waals surface area contributed by atoms with Gasteiger partial charge in [-0.05, 0) is 39.8 Å². The molecule has 0 spiro atoms. The maximum Gasteiger partial charge on any atom is 0.338 e. The number of hydrogen-bond acceptors (Lipinski definition) is 7. The number of anilines is 1. The minimum absolute atomic E-state index is 0.352. The Kier molecular flexibility index (Phi) is 5.31. The molecule has 1 atom stereocenters. The second kappa shape index (κ2) is 7.67. The number of nitrogens with one attached hydrogen (secondary N) is 2. The zero-order chi connectivity index (χ0) is 19.6. The standard InChI is InChI=1S/C18H19N5O3S/c1-9-10(2)20-15(19-9)13-5-7-14(8-6-13)17(25)26-11(3)16(24)21-18-23-22-12(4)27-18/h5-8,11H,1-4H3,(H,19,20)(H,21,23,24). The fourth-order valence-electron chi connectivity index (χ4n) is 2.28. The minimum atomic E-state index is -0.961. The van der Waals surface area contributed by atoms with Gasteiger partial charge in [-0.15, -0.1) is 10.2 Å². The summed E-state index contributed by atoms with van der Waals surface area (Å²) in [5, 5.41) is 11.3. The molecule has 140 valence electrons. The van der Waals surface area contributed by atoms with Gasteiger partial charge in [0, 0.05) is 11.3 Å². The number of imidazole rings is 1. The lowest BCUT2D eigenvalue weighted by Gasteiger charge is -2.12. The Morgan fingerprint density at radius 3 is 2.41 bits per heavy atom. The van der Waals surface area contributed by atoms with Crippen LogP contribution in [0.1, 0.15) is 33.7 Å². The smallest absolute Gasteiger partial charge is 0.338 e. The molecule has 2 N–H and O–H groups in total. The van der Waals surface area contributed by atoms with Gasteiger partial charge in [-0.2, -0.15) is 0 Å². The van der Waals surface area contributed by atoms with Crippen molar-refractivity contribution in [2.75, 3.05) is 5.32 Å². The molecule has 3 rings (SSSR count). The molecular weight excluding hydrogens is 366 g/mol. The lowest BCUT2D eigenvalue weighted by molar-refractivity contribution is -0.123. The Morgan fingerprint density at radius 1 is 1.15 bits per heavy atom. The van der Waals surface area contributed by atoms with Crippen molar-refractivity contribution in [1.29, 1.82) is 0 Å². The number of carbonyl (C=O) groups excluding carboxylic acids is 2. The van der Waals surface area contributed by atoms with E-state index in [1.54, 1.807) is 31.2 Å². The molecule has 1 unspecified atom stereocenters. The molecule has 0 aliphatic rings. The molecule has 0 radical (unpaired) electrons. The van der Waals surface area contributed by atoms with Gasteiger partial charge in [0.15, 0.2) is 6.10 Å². The molecule has 9 heteroatoms. The maximum absolute atomic E-state index is 12.3. The Morgan fingerprint density at radius 2 is 1.85 bits per heavy atom. The van der Waals surface area contributed by atoms with Crippen molar-refractivity contribution in [3.05, 3.63) is 46.2 Å². The lowest BCUT2D eigenvalue weighted by atomic mass is 10.1. The first-order valence-corrected chi connectivity index (χ1v) is 9.10. The van der Waals surface area contributed by atoms with Crippen LogP contribution in [0, 0.1) is 20.8 Å². The number of nitrogens with zero attached hydrogens (tertiary/aromatic N) is 3. The summed E-state index contributed by atoms with van der Waals surface area (Å²) in [5.74, 6) is -0.299. The van der Waals surface area contributed by atoms with Crippen molar-refractivity contribution in [1.82, 2.24) is 20.2 Å². The second-order valence-corrected chi connectivity index (χ2v) is 7.22. The average molecular weight is 385 g/mol. The Bertz CT molecular complexity index is 958. The number of ether oxygens (including phenoxy) is 1. The normalized spacial score (nSPS) is 11.9. The van der Waals surface area contributed by atoms with Crippen molar-refractivity contribution in [3.8, 4) is 11.4 Å². The van der Waals surface area contributed by atoms with E-state index >= 15 is 0 Å². The summed E-state index contributed by atoms with van der Waals surface area (Å²) < 4.78 is 5.23. The highest BCUT2D eigenvalue weighted by atomic mass is 32.1. The van der Waals surface area contributed by atoms with Crippen molar-refractivity contribution in [2.45, 2.75) is 33.8 Å². The van der Waals surface area contributed by atoms with E-state index in [-0.39, 0.29) is 0 Å². The van der Waals surface area contributed by atoms with E-state index in [0.717, 1.165) is 27.8 Å². The summed E-state index contributed by atoms with van der Waals surface area (Å²) in [6.07, 6.45) is -0.961. The van der Waals surface area contributed by atoms with Crippen LogP contribution in [-0.4, -0.2) is 38.1 Å². The van der Waals surface area contributed by atoms with E-state index in [4.69, 9.17) is 4.74 Å². The predicted molar refractivity (Wildman–Crippen MR) is 102 cm³/mol. The van der Waals surface area contributed by atoms with Crippen molar-refractivity contribution >= 4 is 28.3 Å². The van der Waals surface area contributed by atoms with E-state index in [1.165, 1.54) is 18.3 Å². The monoisotopic (exact) mass is 385 g/mol. The highest BCUT2D eigenvalue weighted by molar-refractivity contribution is 7.15. The lowest BCUT2D eigenvalue weighted by Crippen LogP contribution is -2.30. The number of benzene rings is 1. The topological polar surface area (TPSA) is 110 Å². The maximum atomic E-state index is 12.3. The molecule has 1 amide bonds. The van der Waals surface area contributed by atoms with Crippen LogP contribution in [0.4, 0.5) is 5.13 Å². The molecule has 0 bridgehead atoms. The first-order chi connectivity index (χ1) is 12.8. The second-order valence-electron chi connectivity index (χ2n) is 6.04. The number of amides is 1. The molecule has 1 aromatic carbocycles. The third kappa shape index (κ3) is 4.37. The molecular formula is C18H19N5O3S. The minimum Gasteiger partial charge on any atom is -0.449 e. The average Bonchev–Trinajstić information content (AvgIpc) is 3.20. The molecule has 2 aromatic heterocycles. The van der Waals surface area contributed by atoms with Gasteiger partial charge in [0.25, 0.3) is 5.91 Å². The van der Waals surface area contributed by atoms with Gasteiger partial charge in [0.05, 0.1) is 11.3 Å². The van der Waals surface area contributed by atoms with E-state index in [0.29, 0.717) is 10.7 Å². The van der Waals surface area contributed by atoms with Crippen molar-refractivity contribution in [2.24, 2.45) is 0 Å². The number of carbonyl (C=O) groups is 2. The molecule has 0 aliphatic carbocycles. The summed E-state index contributed by atoms with van der Waals surface area (Å²) in [6, 6.07) is 6.85. The van der Waals surface area contributed by atoms with Crippen LogP contribution in [0.5, 0.6) is 0 Å². The number of esters is 1. The van der Waals surface area contributed by atoms with E-state index in [2.05, 4.69) is 25.5 Å².